The Morgan fingerprint density at radius 1 is 1.20 bits per heavy atom. The van der Waals surface area contributed by atoms with Crippen molar-refractivity contribution in [3.63, 3.8) is 0 Å². The van der Waals surface area contributed by atoms with Crippen molar-refractivity contribution in [1.82, 2.24) is 10.2 Å². The lowest BCUT2D eigenvalue weighted by atomic mass is 9.57. The molecule has 0 unspecified atom stereocenters. The fourth-order valence-corrected chi connectivity index (χ4v) is 6.48. The number of hydrogen-bond acceptors (Lipinski definition) is 10. The molecule has 11 nitrogen and oxygen atoms in total. The second kappa shape index (κ2) is 9.61. The quantitative estimate of drug-likeness (QED) is 0.289. The fraction of sp³-hybridized carbons (Fsp3) is 0.414. The minimum Gasteiger partial charge on any atom is -0.508 e. The average molecular weight is 552 g/mol. The van der Waals surface area contributed by atoms with Gasteiger partial charge in [-0.2, -0.15) is 0 Å². The Labute approximate surface area is 230 Å². The zero-order chi connectivity index (χ0) is 29.3. The SMILES string of the molecule is CC(C)NCc1ccoc1-c1ccc(O)c2c1C[C@H]1C[C@H]3[C@H](N(C)C)C(=O)C(C(N)=O)=C(O)[C@@]3(O)C(=O)C1=C2O. The summed E-state index contributed by atoms with van der Waals surface area (Å²) in [5.41, 5.74) is 3.72. The molecule has 1 heterocycles. The van der Waals surface area contributed by atoms with Gasteiger partial charge in [-0.3, -0.25) is 19.3 Å². The smallest absolute Gasteiger partial charge is 0.255 e. The molecule has 2 aromatic rings. The molecule has 1 aromatic carbocycles. The molecule has 5 rings (SSSR count). The van der Waals surface area contributed by atoms with Crippen LogP contribution in [0.3, 0.4) is 0 Å². The third kappa shape index (κ3) is 3.87. The molecule has 212 valence electrons. The van der Waals surface area contributed by atoms with E-state index >= 15 is 0 Å². The van der Waals surface area contributed by atoms with Gasteiger partial charge in [-0.1, -0.05) is 13.8 Å². The minimum atomic E-state index is -2.67. The number of furan rings is 1. The van der Waals surface area contributed by atoms with Gasteiger partial charge in [-0.05, 0) is 56.6 Å². The van der Waals surface area contributed by atoms with Gasteiger partial charge in [-0.15, -0.1) is 0 Å². The molecule has 40 heavy (non-hydrogen) atoms. The number of aromatic hydroxyl groups is 1. The Morgan fingerprint density at radius 2 is 1.90 bits per heavy atom. The van der Waals surface area contributed by atoms with Crippen molar-refractivity contribution in [2.75, 3.05) is 14.1 Å². The number of carbonyl (C=O) groups excluding carboxylic acids is 3. The number of rotatable bonds is 6. The van der Waals surface area contributed by atoms with E-state index in [1.165, 1.54) is 11.0 Å². The van der Waals surface area contributed by atoms with Crippen molar-refractivity contribution in [2.45, 2.75) is 50.9 Å². The number of ketones is 2. The lowest BCUT2D eigenvalue weighted by Crippen LogP contribution is -2.65. The first-order valence-electron chi connectivity index (χ1n) is 13.1. The molecule has 3 aliphatic rings. The maximum atomic E-state index is 14.0. The zero-order valence-electron chi connectivity index (χ0n) is 22.7. The number of nitrogens with zero attached hydrogens (tertiary/aromatic N) is 1. The van der Waals surface area contributed by atoms with E-state index in [1.54, 1.807) is 26.4 Å². The van der Waals surface area contributed by atoms with Crippen LogP contribution >= 0.6 is 0 Å². The van der Waals surface area contributed by atoms with Crippen LogP contribution in [-0.4, -0.2) is 74.6 Å². The first-order valence-corrected chi connectivity index (χ1v) is 13.1. The third-order valence-electron chi connectivity index (χ3n) is 8.30. The summed E-state index contributed by atoms with van der Waals surface area (Å²) in [5.74, 6) is -6.29. The standard InChI is InChI=1S/C29H33N3O8/c1-12(2)31-11-13-7-8-40-25(13)15-5-6-18(33)20-16(15)9-14-10-17-22(32(3)4)24(35)21(28(30)38)27(37)29(17,39)26(36)19(14)23(20)34/h5-8,12,14,17,22,31,33-34,37,39H,9-11H2,1-4H3,(H2,30,38)/t14-,17-,22-,29-/m0/s1. The lowest BCUT2D eigenvalue weighted by Gasteiger charge is -2.50. The highest BCUT2D eigenvalue weighted by molar-refractivity contribution is 6.24. The highest BCUT2D eigenvalue weighted by atomic mass is 16.3. The molecule has 7 N–H and O–H groups in total. The Kier molecular flexibility index (Phi) is 6.64. The maximum absolute atomic E-state index is 14.0. The number of primary amides is 1. The number of likely N-dealkylation sites (N-methyl/N-ethyl adjacent to an activating group) is 1. The molecule has 0 radical (unpaired) electrons. The number of benzene rings is 1. The number of carbonyl (C=O) groups is 3. The van der Waals surface area contributed by atoms with Crippen LogP contribution in [0.2, 0.25) is 0 Å². The van der Waals surface area contributed by atoms with Crippen LogP contribution in [-0.2, 0) is 27.3 Å². The molecule has 1 aromatic heterocycles. The molecule has 1 saturated carbocycles. The van der Waals surface area contributed by atoms with E-state index in [1.807, 2.05) is 19.9 Å². The maximum Gasteiger partial charge on any atom is 0.255 e. The van der Waals surface area contributed by atoms with E-state index in [0.717, 1.165) is 5.56 Å². The van der Waals surface area contributed by atoms with Crippen molar-refractivity contribution < 1.29 is 39.2 Å². The highest BCUT2D eigenvalue weighted by Gasteiger charge is 2.64. The number of nitrogens with two attached hydrogens (primary N) is 1. The second-order valence-electron chi connectivity index (χ2n) is 11.3. The van der Waals surface area contributed by atoms with Gasteiger partial charge in [0.15, 0.2) is 11.4 Å². The minimum absolute atomic E-state index is 0.0147. The number of phenolic OH excluding ortho intramolecular Hbond substituents is 1. The van der Waals surface area contributed by atoms with Gasteiger partial charge in [0.1, 0.15) is 28.6 Å². The molecule has 4 atom stereocenters. The van der Waals surface area contributed by atoms with Crippen molar-refractivity contribution in [2.24, 2.45) is 17.6 Å². The van der Waals surface area contributed by atoms with Crippen LogP contribution in [0.25, 0.3) is 17.1 Å². The van der Waals surface area contributed by atoms with E-state index in [2.05, 4.69) is 5.32 Å². The number of aliphatic hydroxyl groups excluding tert-OH is 2. The molecule has 0 aliphatic heterocycles. The van der Waals surface area contributed by atoms with Crippen LogP contribution in [0.4, 0.5) is 0 Å². The normalized spacial score (nSPS) is 26.3. The van der Waals surface area contributed by atoms with E-state index < -0.39 is 58.0 Å². The van der Waals surface area contributed by atoms with E-state index in [9.17, 15) is 34.8 Å². The summed E-state index contributed by atoms with van der Waals surface area (Å²) in [4.78, 5) is 40.8. The van der Waals surface area contributed by atoms with Gasteiger partial charge in [0.05, 0.1) is 17.9 Å². The van der Waals surface area contributed by atoms with Crippen molar-refractivity contribution in [3.05, 3.63) is 58.1 Å². The molecule has 11 heteroatoms. The van der Waals surface area contributed by atoms with Crippen LogP contribution in [0.15, 0.2) is 45.8 Å². The number of nitrogens with one attached hydrogen (secondary N) is 1. The summed E-state index contributed by atoms with van der Waals surface area (Å²) in [6, 6.07) is 3.99. The van der Waals surface area contributed by atoms with Gasteiger partial charge >= 0.3 is 0 Å². The predicted molar refractivity (Wildman–Crippen MR) is 144 cm³/mol. The van der Waals surface area contributed by atoms with E-state index in [-0.39, 0.29) is 35.8 Å². The third-order valence-corrected chi connectivity index (χ3v) is 8.30. The van der Waals surface area contributed by atoms with Crippen LogP contribution < -0.4 is 11.1 Å². The van der Waals surface area contributed by atoms with Crippen LogP contribution in [0, 0.1) is 11.8 Å². The number of aliphatic hydroxyl groups is 3. The number of hydrogen-bond donors (Lipinski definition) is 6. The number of Topliss-reactive ketones (excluding diaryl/α,β-unsaturated/α-hetero) is 2. The molecule has 0 spiro atoms. The monoisotopic (exact) mass is 551 g/mol. The molecule has 3 aliphatic carbocycles. The summed E-state index contributed by atoms with van der Waals surface area (Å²) >= 11 is 0. The summed E-state index contributed by atoms with van der Waals surface area (Å²) in [6.07, 6.45) is 1.75. The fourth-order valence-electron chi connectivity index (χ4n) is 6.48. The topological polar surface area (TPSA) is 187 Å². The van der Waals surface area contributed by atoms with Gasteiger partial charge < -0.3 is 35.9 Å². The Hall–Kier alpha value is -3.93. The van der Waals surface area contributed by atoms with Crippen molar-refractivity contribution in [3.8, 4) is 17.1 Å². The summed E-state index contributed by atoms with van der Waals surface area (Å²) < 4.78 is 5.83. The zero-order valence-corrected chi connectivity index (χ0v) is 22.7. The van der Waals surface area contributed by atoms with E-state index in [4.69, 9.17) is 10.2 Å². The van der Waals surface area contributed by atoms with Crippen molar-refractivity contribution >= 4 is 23.2 Å². The van der Waals surface area contributed by atoms with Gasteiger partial charge in [0.2, 0.25) is 5.78 Å². The van der Waals surface area contributed by atoms with Gasteiger partial charge in [0.25, 0.3) is 5.91 Å². The molecule has 1 fully saturated rings. The number of fused-ring (bicyclic) bond motifs is 3. The number of amides is 1. The van der Waals surface area contributed by atoms with Gasteiger partial charge in [-0.25, -0.2) is 0 Å². The van der Waals surface area contributed by atoms with Gasteiger partial charge in [0, 0.05) is 35.2 Å². The second-order valence-corrected chi connectivity index (χ2v) is 11.3. The molecule has 0 bridgehead atoms. The molecule has 1 amide bonds. The Morgan fingerprint density at radius 3 is 2.52 bits per heavy atom. The highest BCUT2D eigenvalue weighted by Crippen LogP contribution is 2.53. The van der Waals surface area contributed by atoms with Crippen LogP contribution in [0.1, 0.15) is 37.0 Å². The Balaban J connectivity index is 1.69. The molecule has 0 saturated heterocycles. The molecular weight excluding hydrogens is 518 g/mol. The molecular formula is C29H33N3O8. The number of phenols is 1. The first kappa shape index (κ1) is 27.6. The van der Waals surface area contributed by atoms with Crippen LogP contribution in [0.5, 0.6) is 5.75 Å². The Bertz CT molecular complexity index is 1500. The summed E-state index contributed by atoms with van der Waals surface area (Å²) in [6.45, 7) is 4.55. The van der Waals surface area contributed by atoms with Crippen molar-refractivity contribution in [1.29, 1.82) is 0 Å². The summed E-state index contributed by atoms with van der Waals surface area (Å²) in [5, 5.41) is 48.3. The summed E-state index contributed by atoms with van der Waals surface area (Å²) in [7, 11) is 3.13. The predicted octanol–water partition coefficient (Wildman–Crippen LogP) is 1.72. The van der Waals surface area contributed by atoms with E-state index in [0.29, 0.717) is 23.4 Å². The average Bonchev–Trinajstić information content (AvgIpc) is 3.33. The first-order chi connectivity index (χ1) is 18.8. The largest absolute Gasteiger partial charge is 0.508 e. The lowest BCUT2D eigenvalue weighted by molar-refractivity contribution is -0.153.